The number of amides is 1. The molecule has 0 aromatic rings. The van der Waals surface area contributed by atoms with Crippen LogP contribution in [0.5, 0.6) is 0 Å². The SMILES string of the molecule is CCN1CCCCN(F)CCOC(C)(C)C1=O. The summed E-state index contributed by atoms with van der Waals surface area (Å²) in [4.78, 5) is 14.0. The molecule has 0 aromatic carbocycles. The topological polar surface area (TPSA) is 32.8 Å². The molecule has 1 heterocycles. The van der Waals surface area contributed by atoms with Crippen LogP contribution in [-0.4, -0.2) is 54.3 Å². The van der Waals surface area contributed by atoms with Gasteiger partial charge in [-0.15, -0.1) is 9.60 Å². The summed E-state index contributed by atoms with van der Waals surface area (Å²) in [5.41, 5.74) is -0.860. The molecular weight excluding hydrogens is 223 g/mol. The van der Waals surface area contributed by atoms with Crippen molar-refractivity contribution in [1.82, 2.24) is 10.0 Å². The van der Waals surface area contributed by atoms with Crippen molar-refractivity contribution in [3.63, 3.8) is 0 Å². The first kappa shape index (κ1) is 14.4. The summed E-state index contributed by atoms with van der Waals surface area (Å²) in [6.07, 6.45) is 1.59. The zero-order valence-electron chi connectivity index (χ0n) is 11.0. The molecule has 1 saturated heterocycles. The Hall–Kier alpha value is -0.680. The Morgan fingerprint density at radius 2 is 1.94 bits per heavy atom. The third-order valence-electron chi connectivity index (χ3n) is 3.06. The first-order valence-electron chi connectivity index (χ1n) is 6.31. The molecule has 1 fully saturated rings. The molecule has 1 amide bonds. The maximum Gasteiger partial charge on any atom is 0.254 e. The number of nitrogens with zero attached hydrogens (tertiary/aromatic N) is 2. The molecule has 1 rings (SSSR count). The smallest absolute Gasteiger partial charge is 0.254 e. The van der Waals surface area contributed by atoms with Crippen molar-refractivity contribution in [2.75, 3.05) is 32.8 Å². The summed E-state index contributed by atoms with van der Waals surface area (Å²) in [6, 6.07) is 0. The molecule has 0 bridgehead atoms. The lowest BCUT2D eigenvalue weighted by Gasteiger charge is -2.31. The van der Waals surface area contributed by atoms with Crippen LogP contribution in [0.2, 0.25) is 0 Å². The second-order valence-electron chi connectivity index (χ2n) is 4.86. The normalized spacial score (nSPS) is 24.5. The third kappa shape index (κ3) is 4.24. The summed E-state index contributed by atoms with van der Waals surface area (Å²) in [5.74, 6) is -0.00712. The van der Waals surface area contributed by atoms with Crippen molar-refractivity contribution < 1.29 is 14.0 Å². The number of rotatable bonds is 1. The molecule has 100 valence electrons. The number of ether oxygens (including phenoxy) is 1. The Balaban J connectivity index is 2.70. The number of carbonyl (C=O) groups excluding carboxylic acids is 1. The van der Waals surface area contributed by atoms with E-state index in [0.29, 0.717) is 19.6 Å². The predicted molar refractivity (Wildman–Crippen MR) is 64.2 cm³/mol. The van der Waals surface area contributed by atoms with Gasteiger partial charge in [-0.25, -0.2) is 0 Å². The van der Waals surface area contributed by atoms with Gasteiger partial charge in [0.1, 0.15) is 5.60 Å². The van der Waals surface area contributed by atoms with Crippen molar-refractivity contribution in [2.24, 2.45) is 0 Å². The van der Waals surface area contributed by atoms with Gasteiger partial charge in [-0.1, -0.05) is 0 Å². The van der Waals surface area contributed by atoms with E-state index in [9.17, 15) is 9.28 Å². The number of hydrogen-bond acceptors (Lipinski definition) is 3. The molecule has 0 aliphatic carbocycles. The Labute approximate surface area is 103 Å². The van der Waals surface area contributed by atoms with Crippen molar-refractivity contribution in [3.8, 4) is 0 Å². The van der Waals surface area contributed by atoms with Crippen LogP contribution in [0.3, 0.4) is 0 Å². The fourth-order valence-corrected chi connectivity index (χ4v) is 1.94. The first-order chi connectivity index (χ1) is 7.97. The maximum atomic E-state index is 13.3. The van der Waals surface area contributed by atoms with E-state index >= 15 is 0 Å². The van der Waals surface area contributed by atoms with E-state index in [1.807, 2.05) is 6.92 Å². The Kier molecular flexibility index (Phi) is 5.33. The molecule has 0 N–H and O–H groups in total. The van der Waals surface area contributed by atoms with E-state index in [0.717, 1.165) is 18.0 Å². The minimum Gasteiger partial charge on any atom is -0.364 e. The van der Waals surface area contributed by atoms with E-state index < -0.39 is 5.60 Å². The average molecular weight is 246 g/mol. The van der Waals surface area contributed by atoms with E-state index in [-0.39, 0.29) is 19.1 Å². The maximum absolute atomic E-state index is 13.3. The quantitative estimate of drug-likeness (QED) is 0.659. The highest BCUT2D eigenvalue weighted by Crippen LogP contribution is 2.15. The highest BCUT2D eigenvalue weighted by Gasteiger charge is 2.32. The van der Waals surface area contributed by atoms with Gasteiger partial charge in [0, 0.05) is 19.6 Å². The number of carbonyl (C=O) groups is 1. The van der Waals surface area contributed by atoms with Gasteiger partial charge in [-0.3, -0.25) is 4.79 Å². The van der Waals surface area contributed by atoms with Crippen LogP contribution in [0, 0.1) is 0 Å². The predicted octanol–water partition coefficient (Wildman–Crippen LogP) is 1.61. The summed E-state index contributed by atoms with van der Waals surface area (Å²) in [6.45, 7) is 7.68. The van der Waals surface area contributed by atoms with Gasteiger partial charge >= 0.3 is 0 Å². The molecule has 0 atom stereocenters. The summed E-state index contributed by atoms with van der Waals surface area (Å²) in [5, 5.41) is 0.766. The second-order valence-corrected chi connectivity index (χ2v) is 4.86. The number of likely N-dealkylation sites (N-methyl/N-ethyl adjacent to an activating group) is 1. The summed E-state index contributed by atoms with van der Waals surface area (Å²) >= 11 is 0. The zero-order valence-corrected chi connectivity index (χ0v) is 11.0. The Bertz CT molecular complexity index is 259. The standard InChI is InChI=1S/C12H23FN2O2/c1-4-14-7-5-6-8-15(13)9-10-17-12(2,3)11(14)16/h4-10H2,1-3H3. The van der Waals surface area contributed by atoms with Crippen LogP contribution in [0.15, 0.2) is 0 Å². The lowest BCUT2D eigenvalue weighted by molar-refractivity contribution is -0.155. The molecule has 1 aliphatic heterocycles. The number of halogens is 1. The lowest BCUT2D eigenvalue weighted by Crippen LogP contribution is -2.47. The highest BCUT2D eigenvalue weighted by molar-refractivity contribution is 5.84. The Morgan fingerprint density at radius 1 is 1.29 bits per heavy atom. The van der Waals surface area contributed by atoms with Crippen LogP contribution >= 0.6 is 0 Å². The van der Waals surface area contributed by atoms with Gasteiger partial charge in [-0.05, 0) is 33.6 Å². The van der Waals surface area contributed by atoms with Crippen LogP contribution < -0.4 is 0 Å². The molecule has 0 saturated carbocycles. The average Bonchev–Trinajstić information content (AvgIpc) is 2.29. The molecule has 0 aromatic heterocycles. The lowest BCUT2D eigenvalue weighted by atomic mass is 10.1. The second kappa shape index (κ2) is 6.31. The van der Waals surface area contributed by atoms with Crippen LogP contribution in [0.25, 0.3) is 0 Å². The summed E-state index contributed by atoms with van der Waals surface area (Å²) in [7, 11) is 0. The first-order valence-corrected chi connectivity index (χ1v) is 6.31. The van der Waals surface area contributed by atoms with Gasteiger partial charge in [0.25, 0.3) is 5.91 Å². The van der Waals surface area contributed by atoms with E-state index in [4.69, 9.17) is 4.74 Å². The number of hydrogen-bond donors (Lipinski definition) is 0. The largest absolute Gasteiger partial charge is 0.364 e. The van der Waals surface area contributed by atoms with Gasteiger partial charge in [0.2, 0.25) is 0 Å². The van der Waals surface area contributed by atoms with Crippen LogP contribution in [0.4, 0.5) is 4.48 Å². The van der Waals surface area contributed by atoms with Crippen molar-refractivity contribution in [1.29, 1.82) is 0 Å². The van der Waals surface area contributed by atoms with E-state index in [1.54, 1.807) is 18.7 Å². The molecule has 4 nitrogen and oxygen atoms in total. The van der Waals surface area contributed by atoms with Gasteiger partial charge < -0.3 is 9.64 Å². The van der Waals surface area contributed by atoms with Gasteiger partial charge in [0.15, 0.2) is 0 Å². The van der Waals surface area contributed by atoms with E-state index in [1.165, 1.54) is 0 Å². The molecule has 5 heteroatoms. The van der Waals surface area contributed by atoms with Crippen molar-refractivity contribution in [2.45, 2.75) is 39.2 Å². The van der Waals surface area contributed by atoms with Crippen molar-refractivity contribution in [3.05, 3.63) is 0 Å². The zero-order chi connectivity index (χ0) is 12.9. The molecule has 17 heavy (non-hydrogen) atoms. The fraction of sp³-hybridized carbons (Fsp3) is 0.917. The van der Waals surface area contributed by atoms with Crippen molar-refractivity contribution >= 4 is 5.91 Å². The monoisotopic (exact) mass is 246 g/mol. The van der Waals surface area contributed by atoms with Gasteiger partial charge in [-0.2, -0.15) is 0 Å². The molecule has 0 unspecified atom stereocenters. The molecule has 1 aliphatic rings. The summed E-state index contributed by atoms with van der Waals surface area (Å²) < 4.78 is 18.8. The highest BCUT2D eigenvalue weighted by atomic mass is 19.2. The fourth-order valence-electron chi connectivity index (χ4n) is 1.94. The molecule has 0 radical (unpaired) electrons. The minimum absolute atomic E-state index is 0.00712. The molecule has 0 spiro atoms. The Morgan fingerprint density at radius 3 is 2.59 bits per heavy atom. The third-order valence-corrected chi connectivity index (χ3v) is 3.06. The van der Waals surface area contributed by atoms with Crippen LogP contribution in [-0.2, 0) is 9.53 Å². The minimum atomic E-state index is -0.860. The van der Waals surface area contributed by atoms with E-state index in [2.05, 4.69) is 0 Å². The van der Waals surface area contributed by atoms with Crippen LogP contribution in [0.1, 0.15) is 33.6 Å². The van der Waals surface area contributed by atoms with Gasteiger partial charge in [0.05, 0.1) is 13.2 Å². The molecular formula is C12H23FN2O2.